The Balaban J connectivity index is 3.43. The molecule has 0 saturated heterocycles. The summed E-state index contributed by atoms with van der Waals surface area (Å²) in [6.45, 7) is 5.54. The predicted octanol–water partition coefficient (Wildman–Crippen LogP) is 0.446. The molecular formula is C23H31N5O7. The minimum atomic E-state index is -1.52. The van der Waals surface area contributed by atoms with Gasteiger partial charge in [-0.3, -0.25) is 19.2 Å². The van der Waals surface area contributed by atoms with E-state index in [0.29, 0.717) is 5.56 Å². The van der Waals surface area contributed by atoms with E-state index in [4.69, 9.17) is 10.5 Å². The molecule has 35 heavy (non-hydrogen) atoms. The fourth-order valence-electron chi connectivity index (χ4n) is 3.07. The molecule has 0 saturated carbocycles. The summed E-state index contributed by atoms with van der Waals surface area (Å²) in [4.78, 5) is 63.0. The molecular weight excluding hydrogens is 458 g/mol. The van der Waals surface area contributed by atoms with Crippen molar-refractivity contribution in [2.75, 3.05) is 20.2 Å². The van der Waals surface area contributed by atoms with Gasteiger partial charge in [0.1, 0.15) is 30.8 Å². The lowest BCUT2D eigenvalue weighted by Crippen LogP contribution is -2.54. The predicted molar refractivity (Wildman–Crippen MR) is 123 cm³/mol. The van der Waals surface area contributed by atoms with Gasteiger partial charge < -0.3 is 30.7 Å². The van der Waals surface area contributed by atoms with Crippen molar-refractivity contribution in [1.82, 2.24) is 15.5 Å². The second-order valence-corrected chi connectivity index (χ2v) is 8.60. The van der Waals surface area contributed by atoms with Crippen molar-refractivity contribution in [2.45, 2.75) is 51.8 Å². The highest BCUT2D eigenvalue weighted by molar-refractivity contribution is 5.95. The Bertz CT molecular complexity index is 997. The first-order valence-electron chi connectivity index (χ1n) is 10.7. The maximum Gasteiger partial charge on any atom is 0.408 e. The number of amides is 4. The van der Waals surface area contributed by atoms with E-state index in [0.717, 1.165) is 17.6 Å². The van der Waals surface area contributed by atoms with Crippen LogP contribution in [0, 0.1) is 18.3 Å². The summed E-state index contributed by atoms with van der Waals surface area (Å²) in [5, 5.41) is 14.1. The largest absolute Gasteiger partial charge is 0.468 e. The van der Waals surface area contributed by atoms with Crippen LogP contribution in [0.2, 0.25) is 0 Å². The number of nitrogens with zero attached hydrogens (tertiary/aromatic N) is 2. The third kappa shape index (κ3) is 9.71. The first-order valence-corrected chi connectivity index (χ1v) is 10.7. The number of methoxy groups -OCH3 is 1. The number of rotatable bonds is 10. The Labute approximate surface area is 203 Å². The van der Waals surface area contributed by atoms with E-state index in [-0.39, 0.29) is 0 Å². The number of hydrogen-bond donors (Lipinski definition) is 3. The standard InChI is InChI=1S/C23H31N5O7/c1-14-7-6-8-15(11-14)19(20(31)26-13-18(30)34-5)28(10-9-24)21(32)16(12-17(25)29)27-22(33)35-23(2,3)4/h6-8,11,16,19H,10,12-13H2,1-5H3,(H2,25,29)(H,26,31)(H,27,33). The Kier molecular flexibility index (Phi) is 10.7. The van der Waals surface area contributed by atoms with Crippen LogP contribution in [-0.2, 0) is 28.7 Å². The van der Waals surface area contributed by atoms with E-state index < -0.39 is 67.0 Å². The maximum atomic E-state index is 13.5. The molecule has 0 spiro atoms. The van der Waals surface area contributed by atoms with Crippen molar-refractivity contribution in [3.8, 4) is 6.07 Å². The highest BCUT2D eigenvalue weighted by atomic mass is 16.6. The SMILES string of the molecule is COC(=O)CNC(=O)C(c1cccc(C)c1)N(CC#N)C(=O)C(CC(N)=O)NC(=O)OC(C)(C)C. The number of alkyl carbamates (subject to hydrolysis) is 1. The zero-order valence-corrected chi connectivity index (χ0v) is 20.4. The molecule has 0 aliphatic heterocycles. The summed E-state index contributed by atoms with van der Waals surface area (Å²) >= 11 is 0. The number of carbonyl (C=O) groups is 5. The van der Waals surface area contributed by atoms with E-state index in [1.165, 1.54) is 0 Å². The molecule has 12 heteroatoms. The van der Waals surface area contributed by atoms with Crippen LogP contribution in [0.25, 0.3) is 0 Å². The lowest BCUT2D eigenvalue weighted by Gasteiger charge is -2.32. The molecule has 0 aromatic heterocycles. The lowest BCUT2D eigenvalue weighted by molar-refractivity contribution is -0.144. The lowest BCUT2D eigenvalue weighted by atomic mass is 10.0. The minimum absolute atomic E-state index is 0.339. The maximum absolute atomic E-state index is 13.5. The molecule has 0 heterocycles. The highest BCUT2D eigenvalue weighted by Gasteiger charge is 2.37. The van der Waals surface area contributed by atoms with E-state index >= 15 is 0 Å². The van der Waals surface area contributed by atoms with Crippen molar-refractivity contribution < 1.29 is 33.4 Å². The van der Waals surface area contributed by atoms with Crippen molar-refractivity contribution in [2.24, 2.45) is 5.73 Å². The Morgan fingerprint density at radius 1 is 1.20 bits per heavy atom. The zero-order valence-electron chi connectivity index (χ0n) is 20.4. The van der Waals surface area contributed by atoms with Crippen LogP contribution >= 0.6 is 0 Å². The van der Waals surface area contributed by atoms with Gasteiger partial charge in [0.2, 0.25) is 17.7 Å². The van der Waals surface area contributed by atoms with Gasteiger partial charge >= 0.3 is 12.1 Å². The van der Waals surface area contributed by atoms with Gasteiger partial charge in [0.05, 0.1) is 19.6 Å². The van der Waals surface area contributed by atoms with Crippen LogP contribution < -0.4 is 16.4 Å². The summed E-state index contributed by atoms with van der Waals surface area (Å²) in [6, 6.07) is 5.54. The number of aryl methyl sites for hydroxylation is 1. The van der Waals surface area contributed by atoms with Crippen LogP contribution in [0.4, 0.5) is 4.79 Å². The first kappa shape index (κ1) is 28.9. The quantitative estimate of drug-likeness (QED) is 0.313. The normalized spacial score (nSPS) is 12.3. The Morgan fingerprint density at radius 2 is 1.86 bits per heavy atom. The average Bonchev–Trinajstić information content (AvgIpc) is 2.74. The number of nitriles is 1. The highest BCUT2D eigenvalue weighted by Crippen LogP contribution is 2.24. The molecule has 0 radical (unpaired) electrons. The molecule has 1 aromatic rings. The van der Waals surface area contributed by atoms with Gasteiger partial charge in [-0.2, -0.15) is 5.26 Å². The number of carbonyl (C=O) groups excluding carboxylic acids is 5. The van der Waals surface area contributed by atoms with Gasteiger partial charge in [-0.1, -0.05) is 29.8 Å². The van der Waals surface area contributed by atoms with Crippen LogP contribution in [0.5, 0.6) is 0 Å². The summed E-state index contributed by atoms with van der Waals surface area (Å²) < 4.78 is 9.68. The first-order chi connectivity index (χ1) is 16.3. The number of benzene rings is 1. The van der Waals surface area contributed by atoms with Gasteiger partial charge in [-0.05, 0) is 33.3 Å². The summed E-state index contributed by atoms with van der Waals surface area (Å²) in [6.07, 6.45) is -1.60. The number of nitrogens with one attached hydrogen (secondary N) is 2. The fraction of sp³-hybridized carbons (Fsp3) is 0.478. The number of primary amides is 1. The fourth-order valence-corrected chi connectivity index (χ4v) is 3.07. The molecule has 0 aliphatic rings. The van der Waals surface area contributed by atoms with Gasteiger partial charge in [-0.15, -0.1) is 0 Å². The summed E-state index contributed by atoms with van der Waals surface area (Å²) in [5.41, 5.74) is 5.48. The monoisotopic (exact) mass is 489 g/mol. The summed E-state index contributed by atoms with van der Waals surface area (Å²) in [5.74, 6) is -3.33. The van der Waals surface area contributed by atoms with E-state index in [1.807, 2.05) is 6.07 Å². The molecule has 2 atom stereocenters. The number of nitrogens with two attached hydrogens (primary N) is 1. The summed E-state index contributed by atoms with van der Waals surface area (Å²) in [7, 11) is 1.15. The second-order valence-electron chi connectivity index (χ2n) is 8.60. The van der Waals surface area contributed by atoms with Crippen LogP contribution in [0.1, 0.15) is 44.4 Å². The molecule has 1 aromatic carbocycles. The Hall–Kier alpha value is -4.14. The molecule has 12 nitrogen and oxygen atoms in total. The van der Waals surface area contributed by atoms with Crippen molar-refractivity contribution in [1.29, 1.82) is 5.26 Å². The van der Waals surface area contributed by atoms with Crippen LogP contribution in [-0.4, -0.2) is 66.5 Å². The molecule has 190 valence electrons. The van der Waals surface area contributed by atoms with Gasteiger partial charge in [0.15, 0.2) is 0 Å². The smallest absolute Gasteiger partial charge is 0.408 e. The van der Waals surface area contributed by atoms with Gasteiger partial charge in [0.25, 0.3) is 0 Å². The molecule has 0 bridgehead atoms. The molecule has 0 aliphatic carbocycles. The van der Waals surface area contributed by atoms with Crippen molar-refractivity contribution in [3.63, 3.8) is 0 Å². The number of hydrogen-bond acceptors (Lipinski definition) is 8. The third-order valence-electron chi connectivity index (χ3n) is 4.47. The van der Waals surface area contributed by atoms with Crippen LogP contribution in [0.3, 0.4) is 0 Å². The molecule has 4 amide bonds. The number of ether oxygens (including phenoxy) is 2. The molecule has 4 N–H and O–H groups in total. The third-order valence-corrected chi connectivity index (χ3v) is 4.47. The zero-order chi connectivity index (χ0) is 26.8. The van der Waals surface area contributed by atoms with Crippen molar-refractivity contribution >= 4 is 29.8 Å². The van der Waals surface area contributed by atoms with Gasteiger partial charge in [-0.25, -0.2) is 4.79 Å². The van der Waals surface area contributed by atoms with E-state index in [2.05, 4.69) is 15.4 Å². The van der Waals surface area contributed by atoms with Gasteiger partial charge in [0, 0.05) is 0 Å². The van der Waals surface area contributed by atoms with Crippen molar-refractivity contribution in [3.05, 3.63) is 35.4 Å². The Morgan fingerprint density at radius 3 is 2.37 bits per heavy atom. The van der Waals surface area contributed by atoms with E-state index in [9.17, 15) is 29.2 Å². The minimum Gasteiger partial charge on any atom is -0.468 e. The average molecular weight is 490 g/mol. The van der Waals surface area contributed by atoms with E-state index in [1.54, 1.807) is 52.0 Å². The molecule has 0 fully saturated rings. The molecule has 2 unspecified atom stereocenters. The number of esters is 1. The molecule has 1 rings (SSSR count). The topological polar surface area (TPSA) is 181 Å². The second kappa shape index (κ2) is 12.9. The van der Waals surface area contributed by atoms with Crippen LogP contribution in [0.15, 0.2) is 24.3 Å².